The first-order valence-electron chi connectivity index (χ1n) is 13.2. The van der Waals surface area contributed by atoms with Crippen molar-refractivity contribution in [3.63, 3.8) is 0 Å². The number of ether oxygens (including phenoxy) is 1. The van der Waals surface area contributed by atoms with Crippen LogP contribution in [0, 0.1) is 5.92 Å². The van der Waals surface area contributed by atoms with Gasteiger partial charge in [0.15, 0.2) is 5.65 Å². The summed E-state index contributed by atoms with van der Waals surface area (Å²) < 4.78 is 7.49. The molecule has 1 saturated heterocycles. The highest BCUT2D eigenvalue weighted by atomic mass is 16.5. The van der Waals surface area contributed by atoms with E-state index in [1.807, 2.05) is 47.1 Å². The fourth-order valence-electron chi connectivity index (χ4n) is 6.14. The van der Waals surface area contributed by atoms with E-state index in [0.717, 1.165) is 57.5 Å². The molecule has 38 heavy (non-hydrogen) atoms. The number of hydrogen-bond donors (Lipinski definition) is 0. The van der Waals surface area contributed by atoms with Crippen LogP contribution in [0.1, 0.15) is 19.3 Å². The number of anilines is 1. The van der Waals surface area contributed by atoms with E-state index in [-0.39, 0.29) is 0 Å². The van der Waals surface area contributed by atoms with Crippen LogP contribution in [0.5, 0.6) is 5.75 Å². The minimum absolute atomic E-state index is 0.666. The van der Waals surface area contributed by atoms with Crippen LogP contribution in [0.2, 0.25) is 0 Å². The predicted octanol–water partition coefficient (Wildman–Crippen LogP) is 5.97. The van der Waals surface area contributed by atoms with Crippen molar-refractivity contribution in [3.8, 4) is 39.4 Å². The maximum atomic E-state index is 5.52. The largest absolute Gasteiger partial charge is 0.497 e. The van der Waals surface area contributed by atoms with Gasteiger partial charge in [-0.25, -0.2) is 14.5 Å². The van der Waals surface area contributed by atoms with Crippen LogP contribution in [0.3, 0.4) is 0 Å². The van der Waals surface area contributed by atoms with Gasteiger partial charge in [-0.1, -0.05) is 24.3 Å². The van der Waals surface area contributed by atoms with Gasteiger partial charge in [0.1, 0.15) is 11.4 Å². The Balaban J connectivity index is 1.34. The Morgan fingerprint density at radius 3 is 2.53 bits per heavy atom. The zero-order valence-corrected chi connectivity index (χ0v) is 21.7. The van der Waals surface area contributed by atoms with Gasteiger partial charge in [0.25, 0.3) is 0 Å². The molecule has 2 bridgehead atoms. The van der Waals surface area contributed by atoms with Gasteiger partial charge in [-0.15, -0.1) is 0 Å². The molecule has 7 nitrogen and oxygen atoms in total. The van der Waals surface area contributed by atoms with E-state index in [4.69, 9.17) is 14.8 Å². The molecule has 7 heteroatoms. The van der Waals surface area contributed by atoms with E-state index < -0.39 is 0 Å². The molecule has 3 aromatic heterocycles. The molecular formula is C31H30N6O. The molecule has 2 aromatic carbocycles. The molecule has 1 aliphatic heterocycles. The van der Waals surface area contributed by atoms with Gasteiger partial charge in [-0.3, -0.25) is 4.98 Å². The summed E-state index contributed by atoms with van der Waals surface area (Å²) in [6, 6.07) is 23.6. The number of nitrogens with zero attached hydrogens (tertiary/aromatic N) is 6. The highest BCUT2D eigenvalue weighted by molar-refractivity contribution is 5.91. The molecule has 0 N–H and O–H groups in total. The maximum Gasteiger partial charge on any atom is 0.164 e. The number of benzene rings is 2. The van der Waals surface area contributed by atoms with Gasteiger partial charge < -0.3 is 9.75 Å². The van der Waals surface area contributed by atoms with Gasteiger partial charge in [0.2, 0.25) is 0 Å². The third-order valence-electron chi connectivity index (χ3n) is 8.15. The van der Waals surface area contributed by atoms with Crippen LogP contribution in [0.25, 0.3) is 39.3 Å². The summed E-state index contributed by atoms with van der Waals surface area (Å²) in [5.74, 6) is 1.60. The molecule has 2 unspecified atom stereocenters. The minimum Gasteiger partial charge on any atom is -0.497 e. The Morgan fingerprint density at radius 2 is 1.71 bits per heavy atom. The fraction of sp³-hybridized carbons (Fsp3) is 0.258. The summed E-state index contributed by atoms with van der Waals surface area (Å²) in [6.45, 7) is 1.10. The van der Waals surface area contributed by atoms with Gasteiger partial charge >= 0.3 is 0 Å². The van der Waals surface area contributed by atoms with Crippen molar-refractivity contribution in [3.05, 3.63) is 85.3 Å². The topological polar surface area (TPSA) is 58.8 Å². The first kappa shape index (κ1) is 22.9. The van der Waals surface area contributed by atoms with E-state index in [0.29, 0.717) is 6.04 Å². The zero-order valence-electron chi connectivity index (χ0n) is 21.7. The Morgan fingerprint density at radius 1 is 0.868 bits per heavy atom. The standard InChI is InChI=1S/C31H30N6O/c1-35-26-9-6-21(18-26)20-36(35)25-10-7-22(8-11-25)28-14-17-33-31-29(24-4-3-5-27(19-24)38-2)30(34-37(28)31)23-12-15-32-16-13-23/h3-5,7-8,10-17,19,21,26H,6,9,18,20H2,1-2H3. The van der Waals surface area contributed by atoms with Crippen LogP contribution in [0.4, 0.5) is 5.69 Å². The quantitative estimate of drug-likeness (QED) is 0.295. The van der Waals surface area contributed by atoms with Crippen molar-refractivity contribution >= 4 is 11.3 Å². The Kier molecular flexibility index (Phi) is 5.59. The molecule has 4 heterocycles. The summed E-state index contributed by atoms with van der Waals surface area (Å²) in [7, 11) is 3.92. The number of rotatable bonds is 5. The predicted molar refractivity (Wildman–Crippen MR) is 150 cm³/mol. The number of hydrogen-bond acceptors (Lipinski definition) is 6. The van der Waals surface area contributed by atoms with Gasteiger partial charge in [0.05, 0.1) is 24.1 Å². The van der Waals surface area contributed by atoms with Crippen LogP contribution in [-0.2, 0) is 0 Å². The number of pyridine rings is 1. The molecule has 190 valence electrons. The number of hydrazine groups is 1. The summed E-state index contributed by atoms with van der Waals surface area (Å²) >= 11 is 0. The molecule has 0 radical (unpaired) electrons. The van der Waals surface area contributed by atoms with Crippen molar-refractivity contribution in [2.45, 2.75) is 25.3 Å². The van der Waals surface area contributed by atoms with E-state index >= 15 is 0 Å². The van der Waals surface area contributed by atoms with Gasteiger partial charge in [0, 0.05) is 49.4 Å². The summed E-state index contributed by atoms with van der Waals surface area (Å²) in [5, 5.41) is 10.0. The normalized spacial score (nSPS) is 19.3. The number of fused-ring (bicyclic) bond motifs is 3. The van der Waals surface area contributed by atoms with E-state index in [9.17, 15) is 0 Å². The molecule has 5 aromatic rings. The maximum absolute atomic E-state index is 5.52. The molecule has 1 saturated carbocycles. The molecule has 2 fully saturated rings. The Bertz CT molecular complexity index is 1600. The molecule has 7 rings (SSSR count). The molecule has 1 aliphatic carbocycles. The van der Waals surface area contributed by atoms with Crippen molar-refractivity contribution in [2.75, 3.05) is 25.7 Å². The molecule has 2 aliphatic rings. The second kappa shape index (κ2) is 9.26. The van der Waals surface area contributed by atoms with E-state index in [2.05, 4.69) is 52.4 Å². The van der Waals surface area contributed by atoms with Gasteiger partial charge in [-0.2, -0.15) is 5.10 Å². The third-order valence-corrected chi connectivity index (χ3v) is 8.15. The lowest BCUT2D eigenvalue weighted by molar-refractivity contribution is 0.181. The van der Waals surface area contributed by atoms with Crippen LogP contribution in [0.15, 0.2) is 85.3 Å². The Labute approximate surface area is 222 Å². The highest BCUT2D eigenvalue weighted by Gasteiger charge is 2.37. The molecular weight excluding hydrogens is 472 g/mol. The summed E-state index contributed by atoms with van der Waals surface area (Å²) in [4.78, 5) is 9.01. The van der Waals surface area contributed by atoms with Crippen LogP contribution in [-0.4, -0.2) is 51.3 Å². The zero-order chi connectivity index (χ0) is 25.6. The first-order chi connectivity index (χ1) is 18.7. The summed E-state index contributed by atoms with van der Waals surface area (Å²) in [6.07, 6.45) is 9.44. The lowest BCUT2D eigenvalue weighted by atomic mass is 10.0. The minimum atomic E-state index is 0.666. The van der Waals surface area contributed by atoms with Crippen LogP contribution < -0.4 is 9.75 Å². The van der Waals surface area contributed by atoms with E-state index in [1.165, 1.54) is 24.9 Å². The Hall–Kier alpha value is -4.23. The van der Waals surface area contributed by atoms with E-state index in [1.54, 1.807) is 19.5 Å². The molecule has 2 atom stereocenters. The molecule has 0 spiro atoms. The average molecular weight is 503 g/mol. The SMILES string of the molecule is COc1cccc(-c2c(-c3ccncc3)nn3c(-c4ccc(N5CC6CCC(C6)N5C)cc4)ccnc23)c1. The molecule has 0 amide bonds. The second-order valence-corrected chi connectivity index (χ2v) is 10.3. The van der Waals surface area contributed by atoms with Crippen molar-refractivity contribution in [1.82, 2.24) is 24.6 Å². The van der Waals surface area contributed by atoms with Crippen LogP contribution >= 0.6 is 0 Å². The van der Waals surface area contributed by atoms with Crippen molar-refractivity contribution in [1.29, 1.82) is 0 Å². The summed E-state index contributed by atoms with van der Waals surface area (Å²) in [5.41, 5.74) is 7.98. The number of methoxy groups -OCH3 is 1. The van der Waals surface area contributed by atoms with Crippen molar-refractivity contribution in [2.24, 2.45) is 5.92 Å². The smallest absolute Gasteiger partial charge is 0.164 e. The monoisotopic (exact) mass is 502 g/mol. The lowest BCUT2D eigenvalue weighted by Crippen LogP contribution is -2.50. The van der Waals surface area contributed by atoms with Crippen molar-refractivity contribution < 1.29 is 4.74 Å². The second-order valence-electron chi connectivity index (χ2n) is 10.3. The average Bonchev–Trinajstić information content (AvgIpc) is 3.57. The highest BCUT2D eigenvalue weighted by Crippen LogP contribution is 2.39. The number of aromatic nitrogens is 4. The van der Waals surface area contributed by atoms with Gasteiger partial charge in [-0.05, 0) is 73.2 Å². The lowest BCUT2D eigenvalue weighted by Gasteiger charge is -2.42. The third kappa shape index (κ3) is 3.82. The first-order valence-corrected chi connectivity index (χ1v) is 13.2. The fourth-order valence-corrected chi connectivity index (χ4v) is 6.14.